The maximum Gasteiger partial charge on any atom is 0.161 e. The van der Waals surface area contributed by atoms with Gasteiger partial charge in [-0.1, -0.05) is 12.1 Å². The smallest absolute Gasteiger partial charge is 0.161 e. The molecular formula is C20H24FN3O3. The van der Waals surface area contributed by atoms with Crippen molar-refractivity contribution in [1.29, 1.82) is 0 Å². The lowest BCUT2D eigenvalue weighted by atomic mass is 10.2. The first-order valence-electron chi connectivity index (χ1n) is 8.80. The SMILES string of the molecule is COc1ccc(CN/N=C/c2ccc(N3CCOCC3)c(F)c2)cc1OC. The van der Waals surface area contributed by atoms with Gasteiger partial charge in [0.2, 0.25) is 0 Å². The van der Waals surface area contributed by atoms with Gasteiger partial charge in [-0.25, -0.2) is 4.39 Å². The molecule has 0 unspecified atom stereocenters. The number of hydrogen-bond acceptors (Lipinski definition) is 6. The number of hydrazone groups is 1. The summed E-state index contributed by atoms with van der Waals surface area (Å²) in [5.41, 5.74) is 5.26. The third-order valence-corrected chi connectivity index (χ3v) is 4.36. The fourth-order valence-corrected chi connectivity index (χ4v) is 2.91. The van der Waals surface area contributed by atoms with Crippen LogP contribution in [0.15, 0.2) is 41.5 Å². The normalized spacial score (nSPS) is 14.4. The lowest BCUT2D eigenvalue weighted by Gasteiger charge is -2.29. The highest BCUT2D eigenvalue weighted by molar-refractivity contribution is 5.80. The van der Waals surface area contributed by atoms with Crippen LogP contribution < -0.4 is 19.8 Å². The van der Waals surface area contributed by atoms with Gasteiger partial charge < -0.3 is 24.5 Å². The highest BCUT2D eigenvalue weighted by Gasteiger charge is 2.14. The molecule has 6 nitrogen and oxygen atoms in total. The Morgan fingerprint density at radius 1 is 1.11 bits per heavy atom. The average molecular weight is 373 g/mol. The molecule has 2 aromatic carbocycles. The van der Waals surface area contributed by atoms with Gasteiger partial charge in [-0.3, -0.25) is 0 Å². The number of halogens is 1. The quantitative estimate of drug-likeness (QED) is 0.598. The van der Waals surface area contributed by atoms with Crippen molar-refractivity contribution < 1.29 is 18.6 Å². The molecule has 27 heavy (non-hydrogen) atoms. The van der Waals surface area contributed by atoms with Crippen molar-refractivity contribution in [3.63, 3.8) is 0 Å². The lowest BCUT2D eigenvalue weighted by molar-refractivity contribution is 0.122. The second-order valence-corrected chi connectivity index (χ2v) is 6.09. The number of hydrogen-bond donors (Lipinski definition) is 1. The van der Waals surface area contributed by atoms with E-state index >= 15 is 0 Å². The van der Waals surface area contributed by atoms with Crippen LogP contribution >= 0.6 is 0 Å². The van der Waals surface area contributed by atoms with Gasteiger partial charge in [-0.05, 0) is 35.4 Å². The molecule has 1 heterocycles. The van der Waals surface area contributed by atoms with Crippen LogP contribution in [-0.2, 0) is 11.3 Å². The molecule has 0 spiro atoms. The van der Waals surface area contributed by atoms with Crippen molar-refractivity contribution in [3.8, 4) is 11.5 Å². The summed E-state index contributed by atoms with van der Waals surface area (Å²) in [4.78, 5) is 2.00. The second-order valence-electron chi connectivity index (χ2n) is 6.09. The monoisotopic (exact) mass is 373 g/mol. The van der Waals surface area contributed by atoms with E-state index in [1.807, 2.05) is 29.2 Å². The Morgan fingerprint density at radius 2 is 1.89 bits per heavy atom. The molecule has 1 saturated heterocycles. The van der Waals surface area contributed by atoms with Gasteiger partial charge in [0, 0.05) is 13.1 Å². The minimum absolute atomic E-state index is 0.249. The third-order valence-electron chi connectivity index (χ3n) is 4.36. The first-order chi connectivity index (χ1) is 13.2. The van der Waals surface area contributed by atoms with E-state index in [0.29, 0.717) is 55.6 Å². The van der Waals surface area contributed by atoms with E-state index < -0.39 is 0 Å². The van der Waals surface area contributed by atoms with E-state index in [0.717, 1.165) is 5.56 Å². The molecule has 1 aliphatic heterocycles. The van der Waals surface area contributed by atoms with Crippen LogP contribution in [0.3, 0.4) is 0 Å². The molecule has 0 radical (unpaired) electrons. The number of rotatable bonds is 7. The van der Waals surface area contributed by atoms with Gasteiger partial charge in [0.25, 0.3) is 0 Å². The summed E-state index contributed by atoms with van der Waals surface area (Å²) in [7, 11) is 3.20. The van der Waals surface area contributed by atoms with Crippen molar-refractivity contribution in [2.75, 3.05) is 45.4 Å². The van der Waals surface area contributed by atoms with E-state index in [1.54, 1.807) is 26.5 Å². The van der Waals surface area contributed by atoms with Gasteiger partial charge in [0.1, 0.15) is 5.82 Å². The standard InChI is InChI=1S/C20H24FN3O3/c1-25-19-6-4-16(12-20(19)26-2)14-23-22-13-15-3-5-18(17(21)11-15)24-7-9-27-10-8-24/h3-6,11-13,23H,7-10,14H2,1-2H3/b22-13+. The van der Waals surface area contributed by atoms with Crippen molar-refractivity contribution in [1.82, 2.24) is 5.43 Å². The van der Waals surface area contributed by atoms with Gasteiger partial charge in [-0.15, -0.1) is 0 Å². The van der Waals surface area contributed by atoms with Crippen LogP contribution in [0.4, 0.5) is 10.1 Å². The number of methoxy groups -OCH3 is 2. The predicted octanol–water partition coefficient (Wildman–Crippen LogP) is 2.80. The lowest BCUT2D eigenvalue weighted by Crippen LogP contribution is -2.36. The molecule has 2 aromatic rings. The first kappa shape index (κ1) is 19.0. The topological polar surface area (TPSA) is 55.3 Å². The number of benzene rings is 2. The summed E-state index contributed by atoms with van der Waals surface area (Å²) in [6.45, 7) is 3.19. The zero-order chi connectivity index (χ0) is 19.1. The molecule has 1 N–H and O–H groups in total. The highest BCUT2D eigenvalue weighted by Crippen LogP contribution is 2.27. The molecule has 0 atom stereocenters. The van der Waals surface area contributed by atoms with E-state index in [-0.39, 0.29) is 5.82 Å². The fraction of sp³-hybridized carbons (Fsp3) is 0.350. The summed E-state index contributed by atoms with van der Waals surface area (Å²) in [6, 6.07) is 10.8. The minimum atomic E-state index is -0.249. The van der Waals surface area contributed by atoms with Crippen molar-refractivity contribution in [3.05, 3.63) is 53.3 Å². The van der Waals surface area contributed by atoms with Crippen LogP contribution in [0.5, 0.6) is 11.5 Å². The summed E-state index contributed by atoms with van der Waals surface area (Å²) in [5, 5.41) is 4.17. The van der Waals surface area contributed by atoms with Gasteiger partial charge in [-0.2, -0.15) is 5.10 Å². The zero-order valence-electron chi connectivity index (χ0n) is 15.6. The molecule has 7 heteroatoms. The van der Waals surface area contributed by atoms with E-state index in [4.69, 9.17) is 14.2 Å². The number of nitrogens with zero attached hydrogens (tertiary/aromatic N) is 2. The molecule has 0 amide bonds. The zero-order valence-corrected chi connectivity index (χ0v) is 15.6. The highest BCUT2D eigenvalue weighted by atomic mass is 19.1. The largest absolute Gasteiger partial charge is 0.493 e. The third kappa shape index (κ3) is 4.89. The Bertz CT molecular complexity index is 792. The Morgan fingerprint density at radius 3 is 2.59 bits per heavy atom. The van der Waals surface area contributed by atoms with Gasteiger partial charge in [0.15, 0.2) is 11.5 Å². The summed E-state index contributed by atoms with van der Waals surface area (Å²) in [6.07, 6.45) is 1.60. The Kier molecular flexibility index (Phi) is 6.49. The molecule has 1 fully saturated rings. The molecule has 0 bridgehead atoms. The van der Waals surface area contributed by atoms with Gasteiger partial charge >= 0.3 is 0 Å². The van der Waals surface area contributed by atoms with Crippen LogP contribution in [0.1, 0.15) is 11.1 Å². The molecule has 3 rings (SSSR count). The molecule has 0 saturated carbocycles. The summed E-state index contributed by atoms with van der Waals surface area (Å²) in [5.74, 6) is 1.10. The number of morpholine rings is 1. The van der Waals surface area contributed by atoms with Crippen molar-refractivity contribution >= 4 is 11.9 Å². The Hall–Kier alpha value is -2.80. The predicted molar refractivity (Wildman–Crippen MR) is 103 cm³/mol. The number of nitrogens with one attached hydrogen (secondary N) is 1. The molecule has 144 valence electrons. The molecule has 0 aromatic heterocycles. The van der Waals surface area contributed by atoms with E-state index in [9.17, 15) is 4.39 Å². The van der Waals surface area contributed by atoms with E-state index in [2.05, 4.69) is 10.5 Å². The fourth-order valence-electron chi connectivity index (χ4n) is 2.91. The Labute approximate surface area is 158 Å². The van der Waals surface area contributed by atoms with Crippen LogP contribution in [-0.4, -0.2) is 46.7 Å². The van der Waals surface area contributed by atoms with E-state index in [1.165, 1.54) is 6.07 Å². The molecule has 0 aliphatic carbocycles. The number of ether oxygens (including phenoxy) is 3. The van der Waals surface area contributed by atoms with Crippen molar-refractivity contribution in [2.45, 2.75) is 6.54 Å². The van der Waals surface area contributed by atoms with Crippen LogP contribution in [0.2, 0.25) is 0 Å². The maximum absolute atomic E-state index is 14.4. The Balaban J connectivity index is 1.57. The summed E-state index contributed by atoms with van der Waals surface area (Å²) >= 11 is 0. The van der Waals surface area contributed by atoms with Crippen LogP contribution in [0, 0.1) is 5.82 Å². The van der Waals surface area contributed by atoms with Crippen molar-refractivity contribution in [2.24, 2.45) is 5.10 Å². The maximum atomic E-state index is 14.4. The number of anilines is 1. The molecular weight excluding hydrogens is 349 g/mol. The summed E-state index contributed by atoms with van der Waals surface area (Å²) < 4.78 is 30.2. The first-order valence-corrected chi connectivity index (χ1v) is 8.80. The minimum Gasteiger partial charge on any atom is -0.493 e. The van der Waals surface area contributed by atoms with Crippen LogP contribution in [0.25, 0.3) is 0 Å². The van der Waals surface area contributed by atoms with Gasteiger partial charge in [0.05, 0.1) is 45.9 Å². The molecule has 1 aliphatic rings. The second kappa shape index (κ2) is 9.23. The average Bonchev–Trinajstić information content (AvgIpc) is 2.71.